The van der Waals surface area contributed by atoms with E-state index in [1.807, 2.05) is 59.8 Å². The molecular weight excluding hydrogens is 320 g/mol. The summed E-state index contributed by atoms with van der Waals surface area (Å²) in [5.41, 5.74) is 5.00. The number of aromatic nitrogens is 3. The fourth-order valence-corrected chi connectivity index (χ4v) is 3.22. The van der Waals surface area contributed by atoms with Crippen LogP contribution in [0.4, 0.5) is 0 Å². The summed E-state index contributed by atoms with van der Waals surface area (Å²) >= 11 is 1.61. The fraction of sp³-hybridized carbons (Fsp3) is 0.278. The Bertz CT molecular complexity index is 794. The number of benzene rings is 1. The number of hydrogen-bond donors (Lipinski definition) is 1. The monoisotopic (exact) mass is 340 g/mol. The summed E-state index contributed by atoms with van der Waals surface area (Å²) in [6, 6.07) is 9.99. The maximum Gasteiger partial charge on any atom is 0.220 e. The lowest BCUT2D eigenvalue weighted by Gasteiger charge is -2.04. The first-order chi connectivity index (χ1) is 11.7. The van der Waals surface area contributed by atoms with Gasteiger partial charge in [-0.2, -0.15) is 5.10 Å². The fourth-order valence-electron chi connectivity index (χ4n) is 2.44. The Morgan fingerprint density at radius 3 is 2.83 bits per heavy atom. The highest BCUT2D eigenvalue weighted by Gasteiger charge is 2.06. The lowest BCUT2D eigenvalue weighted by atomic mass is 10.2. The van der Waals surface area contributed by atoms with Crippen LogP contribution in [-0.4, -0.2) is 27.2 Å². The molecule has 0 aliphatic rings. The molecule has 1 N–H and O–H groups in total. The van der Waals surface area contributed by atoms with Crippen LogP contribution in [0.5, 0.6) is 0 Å². The van der Waals surface area contributed by atoms with Gasteiger partial charge < -0.3 is 5.32 Å². The first-order valence-corrected chi connectivity index (χ1v) is 8.85. The number of hydrogen-bond acceptors (Lipinski definition) is 4. The molecule has 3 aromatic rings. The Labute approximate surface area is 145 Å². The first kappa shape index (κ1) is 16.4. The van der Waals surface area contributed by atoms with Crippen LogP contribution >= 0.6 is 11.3 Å². The van der Waals surface area contributed by atoms with Gasteiger partial charge in [-0.1, -0.05) is 18.2 Å². The van der Waals surface area contributed by atoms with Crippen LogP contribution in [0.25, 0.3) is 5.69 Å². The van der Waals surface area contributed by atoms with Gasteiger partial charge in [-0.3, -0.25) is 4.79 Å². The van der Waals surface area contributed by atoms with E-state index < -0.39 is 0 Å². The molecule has 0 saturated heterocycles. The Morgan fingerprint density at radius 1 is 1.25 bits per heavy atom. The number of carbonyl (C=O) groups is 1. The van der Waals surface area contributed by atoms with E-state index >= 15 is 0 Å². The zero-order chi connectivity index (χ0) is 16.8. The van der Waals surface area contributed by atoms with Gasteiger partial charge in [0.15, 0.2) is 0 Å². The molecule has 124 valence electrons. The van der Waals surface area contributed by atoms with Gasteiger partial charge in [0.25, 0.3) is 0 Å². The van der Waals surface area contributed by atoms with Crippen LogP contribution in [0, 0.1) is 6.92 Å². The molecule has 0 saturated carbocycles. The van der Waals surface area contributed by atoms with Gasteiger partial charge in [-0.05, 0) is 37.5 Å². The molecule has 0 radical (unpaired) electrons. The highest BCUT2D eigenvalue weighted by molar-refractivity contribution is 7.09. The number of para-hydroxylation sites is 1. The number of aryl methyl sites for hydroxylation is 2. The lowest BCUT2D eigenvalue weighted by Crippen LogP contribution is -2.25. The van der Waals surface area contributed by atoms with Crippen molar-refractivity contribution >= 4 is 17.2 Å². The molecule has 5 nitrogen and oxygen atoms in total. The predicted molar refractivity (Wildman–Crippen MR) is 95.4 cm³/mol. The second kappa shape index (κ2) is 7.88. The van der Waals surface area contributed by atoms with Gasteiger partial charge in [-0.25, -0.2) is 9.67 Å². The highest BCUT2D eigenvalue weighted by Crippen LogP contribution is 2.14. The van der Waals surface area contributed by atoms with Crippen molar-refractivity contribution in [3.05, 3.63) is 64.4 Å². The van der Waals surface area contributed by atoms with Crippen molar-refractivity contribution in [2.45, 2.75) is 26.2 Å². The average Bonchev–Trinajstić information content (AvgIpc) is 3.23. The molecule has 0 atom stereocenters. The van der Waals surface area contributed by atoms with Gasteiger partial charge in [0, 0.05) is 24.0 Å². The maximum absolute atomic E-state index is 11.9. The lowest BCUT2D eigenvalue weighted by molar-refractivity contribution is -0.121. The molecule has 24 heavy (non-hydrogen) atoms. The Balaban J connectivity index is 1.42. The molecule has 0 aliphatic heterocycles. The van der Waals surface area contributed by atoms with Crippen molar-refractivity contribution in [3.63, 3.8) is 0 Å². The summed E-state index contributed by atoms with van der Waals surface area (Å²) in [4.78, 5) is 17.3. The standard InChI is InChI=1S/C18H20N4OS/c1-14-17(24-13-20-14)7-8-18(23)19-10-9-15-11-21-22(12-15)16-5-3-2-4-6-16/h2-6,11-13H,7-10H2,1H3,(H,19,23). The van der Waals surface area contributed by atoms with Crippen molar-refractivity contribution in [2.24, 2.45) is 0 Å². The van der Waals surface area contributed by atoms with Crippen LogP contribution in [0.1, 0.15) is 22.6 Å². The van der Waals surface area contributed by atoms with Crippen molar-refractivity contribution in [1.82, 2.24) is 20.1 Å². The third-order valence-corrected chi connectivity index (χ3v) is 4.81. The van der Waals surface area contributed by atoms with E-state index in [4.69, 9.17) is 0 Å². The highest BCUT2D eigenvalue weighted by atomic mass is 32.1. The van der Waals surface area contributed by atoms with E-state index in [9.17, 15) is 4.79 Å². The quantitative estimate of drug-likeness (QED) is 0.719. The third kappa shape index (κ3) is 4.29. The molecule has 1 aromatic carbocycles. The molecule has 6 heteroatoms. The van der Waals surface area contributed by atoms with E-state index in [1.165, 1.54) is 4.88 Å². The van der Waals surface area contributed by atoms with Crippen molar-refractivity contribution in [3.8, 4) is 5.69 Å². The van der Waals surface area contributed by atoms with E-state index in [0.29, 0.717) is 13.0 Å². The molecule has 0 bridgehead atoms. The second-order valence-corrected chi connectivity index (χ2v) is 6.53. The number of amides is 1. The van der Waals surface area contributed by atoms with Crippen LogP contribution in [0.15, 0.2) is 48.2 Å². The zero-order valence-electron chi connectivity index (χ0n) is 13.6. The van der Waals surface area contributed by atoms with Crippen molar-refractivity contribution in [1.29, 1.82) is 0 Å². The number of rotatable bonds is 7. The van der Waals surface area contributed by atoms with Crippen molar-refractivity contribution < 1.29 is 4.79 Å². The largest absolute Gasteiger partial charge is 0.356 e. The van der Waals surface area contributed by atoms with Crippen LogP contribution in [0.3, 0.4) is 0 Å². The molecule has 3 rings (SSSR count). The SMILES string of the molecule is Cc1ncsc1CCC(=O)NCCc1cnn(-c2ccccc2)c1. The second-order valence-electron chi connectivity index (χ2n) is 5.59. The van der Waals surface area contributed by atoms with E-state index in [0.717, 1.165) is 29.8 Å². The number of carbonyl (C=O) groups excluding carboxylic acids is 1. The maximum atomic E-state index is 11.9. The van der Waals surface area contributed by atoms with Gasteiger partial charge >= 0.3 is 0 Å². The van der Waals surface area contributed by atoms with Crippen LogP contribution in [0.2, 0.25) is 0 Å². The zero-order valence-corrected chi connectivity index (χ0v) is 14.4. The number of nitrogens with zero attached hydrogens (tertiary/aromatic N) is 3. The predicted octanol–water partition coefficient (Wildman–Crippen LogP) is 2.93. The minimum atomic E-state index is 0.0817. The molecule has 1 amide bonds. The number of nitrogens with one attached hydrogen (secondary N) is 1. The number of thiazole rings is 1. The normalized spacial score (nSPS) is 10.7. The topological polar surface area (TPSA) is 59.8 Å². The van der Waals surface area contributed by atoms with Crippen molar-refractivity contribution in [2.75, 3.05) is 6.54 Å². The first-order valence-electron chi connectivity index (χ1n) is 7.97. The summed E-state index contributed by atoms with van der Waals surface area (Å²) in [6.45, 7) is 2.61. The van der Waals surface area contributed by atoms with Gasteiger partial charge in [-0.15, -0.1) is 11.3 Å². The Hall–Kier alpha value is -2.47. The summed E-state index contributed by atoms with van der Waals surface area (Å²) in [5, 5.41) is 7.33. The summed E-state index contributed by atoms with van der Waals surface area (Å²) in [5.74, 6) is 0.0817. The van der Waals surface area contributed by atoms with E-state index in [2.05, 4.69) is 15.4 Å². The smallest absolute Gasteiger partial charge is 0.220 e. The molecule has 0 aliphatic carbocycles. The minimum Gasteiger partial charge on any atom is -0.356 e. The van der Waals surface area contributed by atoms with Gasteiger partial charge in [0.1, 0.15) is 0 Å². The third-order valence-electron chi connectivity index (χ3n) is 3.82. The molecule has 0 unspecified atom stereocenters. The Kier molecular flexibility index (Phi) is 5.38. The Morgan fingerprint density at radius 2 is 2.08 bits per heavy atom. The summed E-state index contributed by atoms with van der Waals surface area (Å²) in [7, 11) is 0. The minimum absolute atomic E-state index is 0.0817. The molecule has 0 spiro atoms. The molecular formula is C18H20N4OS. The van der Waals surface area contributed by atoms with Crippen LogP contribution in [-0.2, 0) is 17.6 Å². The summed E-state index contributed by atoms with van der Waals surface area (Å²) < 4.78 is 1.85. The average molecular weight is 340 g/mol. The van der Waals surface area contributed by atoms with E-state index in [1.54, 1.807) is 11.3 Å². The summed E-state index contributed by atoms with van der Waals surface area (Å²) in [6.07, 6.45) is 5.89. The van der Waals surface area contributed by atoms with Crippen LogP contribution < -0.4 is 5.32 Å². The van der Waals surface area contributed by atoms with Gasteiger partial charge in [0.05, 0.1) is 23.1 Å². The molecule has 2 aromatic heterocycles. The molecule has 0 fully saturated rings. The molecule has 2 heterocycles. The van der Waals surface area contributed by atoms with E-state index in [-0.39, 0.29) is 5.91 Å². The van der Waals surface area contributed by atoms with Gasteiger partial charge in [0.2, 0.25) is 5.91 Å².